The number of esters is 3. The Morgan fingerprint density at radius 3 is 0.877 bits per heavy atom. The van der Waals surface area contributed by atoms with Crippen LogP contribution >= 0.6 is 0 Å². The first-order valence-corrected chi connectivity index (χ1v) is 27.8. The van der Waals surface area contributed by atoms with Gasteiger partial charge in [0.05, 0.1) is 0 Å². The minimum Gasteiger partial charge on any atom is -0.462 e. The molecule has 1 unspecified atom stereocenters. The number of carbonyl (C=O) groups excluding carboxylic acids is 3. The van der Waals surface area contributed by atoms with Crippen LogP contribution in [0, 0.1) is 0 Å². The molecule has 0 saturated heterocycles. The predicted octanol–water partition coefficient (Wildman–Crippen LogP) is 18.4. The van der Waals surface area contributed by atoms with Crippen LogP contribution in [-0.4, -0.2) is 37.2 Å². The zero-order valence-electron chi connectivity index (χ0n) is 43.0. The van der Waals surface area contributed by atoms with Gasteiger partial charge in [-0.15, -0.1) is 0 Å². The summed E-state index contributed by atoms with van der Waals surface area (Å²) in [7, 11) is 0. The molecule has 0 rings (SSSR count). The molecule has 0 fully saturated rings. The SMILES string of the molecule is CCCCCC/C=C\C/C=C\CCCCCCCC(=O)OCC(COC(=O)CCCCCCC/C=C\CCCCCCCC)OC(=O)CCCCCCC/C=C\C/C=C\CCCCCC. The van der Waals surface area contributed by atoms with Crippen molar-refractivity contribution in [1.29, 1.82) is 0 Å². The molecule has 0 aliphatic carbocycles. The Morgan fingerprint density at radius 2 is 0.554 bits per heavy atom. The molecule has 0 saturated carbocycles. The Balaban J connectivity index is 4.44. The highest BCUT2D eigenvalue weighted by atomic mass is 16.6. The Bertz CT molecular complexity index is 1180. The first-order chi connectivity index (χ1) is 32.0. The molecule has 0 aromatic carbocycles. The number of unbranched alkanes of at least 4 members (excludes halogenated alkanes) is 29. The third-order valence-corrected chi connectivity index (χ3v) is 12.0. The topological polar surface area (TPSA) is 78.9 Å². The van der Waals surface area contributed by atoms with E-state index in [0.29, 0.717) is 19.3 Å². The second kappa shape index (κ2) is 53.7. The van der Waals surface area contributed by atoms with Gasteiger partial charge in [-0.05, 0) is 109 Å². The van der Waals surface area contributed by atoms with Crippen molar-refractivity contribution in [3.8, 4) is 0 Å². The third-order valence-electron chi connectivity index (χ3n) is 12.0. The second-order valence-electron chi connectivity index (χ2n) is 18.5. The van der Waals surface area contributed by atoms with Gasteiger partial charge in [-0.1, -0.05) is 210 Å². The fourth-order valence-corrected chi connectivity index (χ4v) is 7.73. The zero-order valence-corrected chi connectivity index (χ0v) is 43.0. The monoisotopic (exact) mass is 909 g/mol. The normalized spacial score (nSPS) is 12.5. The molecule has 0 amide bonds. The van der Waals surface area contributed by atoms with Crippen molar-refractivity contribution in [3.63, 3.8) is 0 Å². The molecule has 0 heterocycles. The van der Waals surface area contributed by atoms with E-state index >= 15 is 0 Å². The number of carbonyl (C=O) groups is 3. The third kappa shape index (κ3) is 51.9. The summed E-state index contributed by atoms with van der Waals surface area (Å²) >= 11 is 0. The van der Waals surface area contributed by atoms with Crippen LogP contribution in [0.15, 0.2) is 60.8 Å². The standard InChI is InChI=1S/C59H104O6/c1-4-7-10-13-16-19-22-25-28-31-34-37-40-43-46-49-52-58(61)64-55-56(54-63-57(60)51-48-45-42-39-36-33-30-27-24-21-18-15-12-9-6-3)65-59(62)53-50-47-44-41-38-35-32-29-26-23-20-17-14-11-8-5-2/h19-20,22-23,27-32,56H,4-18,21,24-26,33-55H2,1-3H3/b22-19-,23-20-,30-27-,31-28-,32-29-. The van der Waals surface area contributed by atoms with Gasteiger partial charge in [0, 0.05) is 19.3 Å². The van der Waals surface area contributed by atoms with Crippen LogP contribution in [0.2, 0.25) is 0 Å². The van der Waals surface area contributed by atoms with Gasteiger partial charge in [-0.2, -0.15) is 0 Å². The van der Waals surface area contributed by atoms with Crippen LogP contribution in [0.1, 0.15) is 278 Å². The summed E-state index contributed by atoms with van der Waals surface area (Å²) in [5.41, 5.74) is 0. The number of allylic oxidation sites excluding steroid dienone is 10. The summed E-state index contributed by atoms with van der Waals surface area (Å²) < 4.78 is 16.8. The molecular weight excluding hydrogens is 805 g/mol. The first-order valence-electron chi connectivity index (χ1n) is 27.8. The van der Waals surface area contributed by atoms with Crippen LogP contribution in [0.4, 0.5) is 0 Å². The van der Waals surface area contributed by atoms with E-state index in [-0.39, 0.29) is 31.1 Å². The van der Waals surface area contributed by atoms with Crippen molar-refractivity contribution in [1.82, 2.24) is 0 Å². The summed E-state index contributed by atoms with van der Waals surface area (Å²) in [5.74, 6) is -0.916. The average Bonchev–Trinajstić information content (AvgIpc) is 3.30. The summed E-state index contributed by atoms with van der Waals surface area (Å²) in [4.78, 5) is 38.1. The van der Waals surface area contributed by atoms with Crippen molar-refractivity contribution in [2.24, 2.45) is 0 Å². The van der Waals surface area contributed by atoms with Gasteiger partial charge in [0.15, 0.2) is 6.10 Å². The van der Waals surface area contributed by atoms with E-state index in [4.69, 9.17) is 14.2 Å². The molecule has 1 atom stereocenters. The predicted molar refractivity (Wildman–Crippen MR) is 279 cm³/mol. The summed E-state index contributed by atoms with van der Waals surface area (Å²) in [6.45, 7) is 6.58. The molecule has 0 bridgehead atoms. The highest BCUT2D eigenvalue weighted by molar-refractivity contribution is 5.71. The van der Waals surface area contributed by atoms with Crippen molar-refractivity contribution in [2.45, 2.75) is 284 Å². The van der Waals surface area contributed by atoms with Crippen LogP contribution in [-0.2, 0) is 28.6 Å². The van der Waals surface area contributed by atoms with Crippen LogP contribution in [0.25, 0.3) is 0 Å². The molecule has 0 spiro atoms. The zero-order chi connectivity index (χ0) is 47.2. The smallest absolute Gasteiger partial charge is 0.306 e. The van der Waals surface area contributed by atoms with Gasteiger partial charge in [-0.3, -0.25) is 14.4 Å². The van der Waals surface area contributed by atoms with E-state index in [9.17, 15) is 14.4 Å². The van der Waals surface area contributed by atoms with E-state index in [1.165, 1.54) is 128 Å². The van der Waals surface area contributed by atoms with Gasteiger partial charge >= 0.3 is 17.9 Å². The van der Waals surface area contributed by atoms with E-state index < -0.39 is 6.10 Å². The number of hydrogen-bond acceptors (Lipinski definition) is 6. The molecule has 0 aliphatic rings. The Hall–Kier alpha value is -2.89. The van der Waals surface area contributed by atoms with Gasteiger partial charge < -0.3 is 14.2 Å². The molecule has 376 valence electrons. The molecule has 0 radical (unpaired) electrons. The van der Waals surface area contributed by atoms with Crippen LogP contribution in [0.5, 0.6) is 0 Å². The Kier molecular flexibility index (Phi) is 51.3. The minimum absolute atomic E-state index is 0.0883. The van der Waals surface area contributed by atoms with Crippen LogP contribution < -0.4 is 0 Å². The van der Waals surface area contributed by atoms with Crippen molar-refractivity contribution in [3.05, 3.63) is 60.8 Å². The van der Waals surface area contributed by atoms with Gasteiger partial charge in [0.25, 0.3) is 0 Å². The molecule has 0 N–H and O–H groups in total. The molecule has 65 heavy (non-hydrogen) atoms. The summed E-state index contributed by atoms with van der Waals surface area (Å²) in [6.07, 6.45) is 66.3. The van der Waals surface area contributed by atoms with E-state index in [1.54, 1.807) is 0 Å². The number of ether oxygens (including phenoxy) is 3. The van der Waals surface area contributed by atoms with E-state index in [1.807, 2.05) is 0 Å². The maximum absolute atomic E-state index is 12.8. The Labute approximate surface area is 402 Å². The van der Waals surface area contributed by atoms with Gasteiger partial charge in [0.1, 0.15) is 13.2 Å². The lowest BCUT2D eigenvalue weighted by Gasteiger charge is -2.18. The molecular formula is C59H104O6. The number of hydrogen-bond donors (Lipinski definition) is 0. The van der Waals surface area contributed by atoms with Crippen molar-refractivity contribution >= 4 is 17.9 Å². The minimum atomic E-state index is -0.790. The molecule has 0 aliphatic heterocycles. The van der Waals surface area contributed by atoms with Crippen molar-refractivity contribution < 1.29 is 28.6 Å². The maximum Gasteiger partial charge on any atom is 0.306 e. The molecule has 6 nitrogen and oxygen atoms in total. The molecule has 0 aromatic heterocycles. The summed E-state index contributed by atoms with van der Waals surface area (Å²) in [5, 5.41) is 0. The number of rotatable bonds is 50. The lowest BCUT2D eigenvalue weighted by Crippen LogP contribution is -2.30. The second-order valence-corrected chi connectivity index (χ2v) is 18.5. The summed E-state index contributed by atoms with van der Waals surface area (Å²) in [6, 6.07) is 0. The fraction of sp³-hybridized carbons (Fsp3) is 0.780. The lowest BCUT2D eigenvalue weighted by atomic mass is 10.1. The fourth-order valence-electron chi connectivity index (χ4n) is 7.73. The molecule has 6 heteroatoms. The molecule has 0 aromatic rings. The van der Waals surface area contributed by atoms with Gasteiger partial charge in [-0.25, -0.2) is 0 Å². The van der Waals surface area contributed by atoms with Gasteiger partial charge in [0.2, 0.25) is 0 Å². The highest BCUT2D eigenvalue weighted by Gasteiger charge is 2.19. The highest BCUT2D eigenvalue weighted by Crippen LogP contribution is 2.14. The Morgan fingerprint density at radius 1 is 0.308 bits per heavy atom. The van der Waals surface area contributed by atoms with E-state index in [0.717, 1.165) is 109 Å². The maximum atomic E-state index is 12.8. The quantitative estimate of drug-likeness (QED) is 0.0262. The van der Waals surface area contributed by atoms with Crippen molar-refractivity contribution in [2.75, 3.05) is 13.2 Å². The first kappa shape index (κ1) is 62.1. The lowest BCUT2D eigenvalue weighted by molar-refractivity contribution is -0.167. The van der Waals surface area contributed by atoms with Crippen LogP contribution in [0.3, 0.4) is 0 Å². The largest absolute Gasteiger partial charge is 0.462 e. The average molecular weight is 909 g/mol. The van der Waals surface area contributed by atoms with E-state index in [2.05, 4.69) is 81.5 Å².